The van der Waals surface area contributed by atoms with Crippen molar-refractivity contribution in [2.45, 2.75) is 39.5 Å². The highest BCUT2D eigenvalue weighted by Gasteiger charge is 2.08. The molecule has 0 saturated heterocycles. The first-order chi connectivity index (χ1) is 10.1. The van der Waals surface area contributed by atoms with E-state index in [1.165, 1.54) is 5.69 Å². The van der Waals surface area contributed by atoms with E-state index in [2.05, 4.69) is 40.3 Å². The Kier molecular flexibility index (Phi) is 5.14. The summed E-state index contributed by atoms with van der Waals surface area (Å²) in [5, 5.41) is 7.83. The van der Waals surface area contributed by atoms with E-state index in [0.717, 1.165) is 49.3 Å². The number of nitrogens with one attached hydrogen (secondary N) is 1. The van der Waals surface area contributed by atoms with Gasteiger partial charge in [0, 0.05) is 31.0 Å². The molecule has 0 amide bonds. The molecule has 2 aromatic heterocycles. The molecule has 0 bridgehead atoms. The molecule has 6 heteroatoms. The molecule has 0 aromatic carbocycles. The molecule has 0 aliphatic rings. The van der Waals surface area contributed by atoms with Crippen molar-refractivity contribution in [1.29, 1.82) is 0 Å². The number of unbranched alkanes of at least 4 members (excludes halogenated alkanes) is 1. The van der Waals surface area contributed by atoms with Gasteiger partial charge in [-0.1, -0.05) is 13.3 Å². The number of nitrogen functional groups attached to an aromatic ring is 1. The Labute approximate surface area is 125 Å². The first kappa shape index (κ1) is 15.3. The van der Waals surface area contributed by atoms with Crippen LogP contribution in [0.3, 0.4) is 0 Å². The third kappa shape index (κ3) is 4.18. The largest absolute Gasteiger partial charge is 0.370 e. The molecule has 6 nitrogen and oxygen atoms in total. The summed E-state index contributed by atoms with van der Waals surface area (Å²) < 4.78 is 1.90. The lowest BCUT2D eigenvalue weighted by Gasteiger charge is -2.10. The van der Waals surface area contributed by atoms with Gasteiger partial charge in [-0.25, -0.2) is 4.98 Å². The SMILES string of the molecule is CCCCNc1nc(N)ncc1CCc1cc(C)n(C)n1. The summed E-state index contributed by atoms with van der Waals surface area (Å²) in [6.45, 7) is 5.13. The number of rotatable bonds is 7. The minimum atomic E-state index is 0.312. The highest BCUT2D eigenvalue weighted by atomic mass is 15.3. The van der Waals surface area contributed by atoms with Crippen molar-refractivity contribution in [2.75, 3.05) is 17.6 Å². The minimum absolute atomic E-state index is 0.312. The highest BCUT2D eigenvalue weighted by Crippen LogP contribution is 2.16. The summed E-state index contributed by atoms with van der Waals surface area (Å²) in [6, 6.07) is 2.11. The zero-order chi connectivity index (χ0) is 15.2. The fourth-order valence-corrected chi connectivity index (χ4v) is 2.16. The molecule has 2 aromatic rings. The number of aryl methyl sites for hydroxylation is 4. The van der Waals surface area contributed by atoms with Gasteiger partial charge in [0.25, 0.3) is 0 Å². The average Bonchev–Trinajstić information content (AvgIpc) is 2.77. The minimum Gasteiger partial charge on any atom is -0.370 e. The maximum atomic E-state index is 5.68. The van der Waals surface area contributed by atoms with Crippen molar-refractivity contribution < 1.29 is 0 Å². The topological polar surface area (TPSA) is 81.6 Å². The summed E-state index contributed by atoms with van der Waals surface area (Å²) in [5.41, 5.74) is 9.03. The van der Waals surface area contributed by atoms with Crippen LogP contribution in [0.1, 0.15) is 36.7 Å². The van der Waals surface area contributed by atoms with E-state index < -0.39 is 0 Å². The van der Waals surface area contributed by atoms with E-state index in [4.69, 9.17) is 5.73 Å². The van der Waals surface area contributed by atoms with E-state index in [1.807, 2.05) is 17.9 Å². The predicted octanol–water partition coefficient (Wildman–Crippen LogP) is 2.10. The Morgan fingerprint density at radius 3 is 2.81 bits per heavy atom. The van der Waals surface area contributed by atoms with Crippen LogP contribution in [-0.4, -0.2) is 26.3 Å². The molecular formula is C15H24N6. The van der Waals surface area contributed by atoms with Gasteiger partial charge in [-0.15, -0.1) is 0 Å². The van der Waals surface area contributed by atoms with E-state index in [-0.39, 0.29) is 0 Å². The van der Waals surface area contributed by atoms with Gasteiger partial charge in [-0.2, -0.15) is 10.1 Å². The van der Waals surface area contributed by atoms with Gasteiger partial charge in [0.15, 0.2) is 0 Å². The van der Waals surface area contributed by atoms with Crippen molar-refractivity contribution in [3.05, 3.63) is 29.2 Å². The number of hydrogen-bond acceptors (Lipinski definition) is 5. The number of nitrogens with two attached hydrogens (primary N) is 1. The first-order valence-electron chi connectivity index (χ1n) is 7.45. The number of anilines is 2. The van der Waals surface area contributed by atoms with E-state index in [9.17, 15) is 0 Å². The van der Waals surface area contributed by atoms with Crippen LogP contribution in [0, 0.1) is 6.92 Å². The maximum absolute atomic E-state index is 5.68. The average molecular weight is 288 g/mol. The summed E-state index contributed by atoms with van der Waals surface area (Å²) in [4.78, 5) is 8.41. The van der Waals surface area contributed by atoms with Crippen LogP contribution in [0.15, 0.2) is 12.3 Å². The molecule has 0 saturated carbocycles. The quantitative estimate of drug-likeness (QED) is 0.762. The summed E-state index contributed by atoms with van der Waals surface area (Å²) in [5.74, 6) is 1.16. The second-order valence-electron chi connectivity index (χ2n) is 5.28. The summed E-state index contributed by atoms with van der Waals surface area (Å²) in [7, 11) is 1.96. The lowest BCUT2D eigenvalue weighted by atomic mass is 10.1. The Morgan fingerprint density at radius 2 is 2.14 bits per heavy atom. The zero-order valence-corrected chi connectivity index (χ0v) is 13.1. The fourth-order valence-electron chi connectivity index (χ4n) is 2.16. The molecular weight excluding hydrogens is 264 g/mol. The smallest absolute Gasteiger partial charge is 0.221 e. The molecule has 0 unspecified atom stereocenters. The van der Waals surface area contributed by atoms with Gasteiger partial charge >= 0.3 is 0 Å². The molecule has 0 aliphatic heterocycles. The van der Waals surface area contributed by atoms with Gasteiger partial charge in [-0.05, 0) is 32.3 Å². The van der Waals surface area contributed by atoms with E-state index in [1.54, 1.807) is 0 Å². The number of hydrogen-bond donors (Lipinski definition) is 2. The molecule has 3 N–H and O–H groups in total. The van der Waals surface area contributed by atoms with Crippen molar-refractivity contribution in [1.82, 2.24) is 19.7 Å². The standard InChI is InChI=1S/C15H24N6/c1-4-5-8-17-14-12(10-18-15(16)19-14)6-7-13-9-11(2)21(3)20-13/h9-10H,4-8H2,1-3H3,(H3,16,17,18,19). The normalized spacial score (nSPS) is 10.8. The Balaban J connectivity index is 2.04. The van der Waals surface area contributed by atoms with Crippen molar-refractivity contribution in [3.8, 4) is 0 Å². The molecule has 0 spiro atoms. The maximum Gasteiger partial charge on any atom is 0.221 e. The van der Waals surface area contributed by atoms with Crippen molar-refractivity contribution in [3.63, 3.8) is 0 Å². The third-order valence-electron chi connectivity index (χ3n) is 3.52. The predicted molar refractivity (Wildman–Crippen MR) is 85.2 cm³/mol. The molecule has 0 aliphatic carbocycles. The van der Waals surface area contributed by atoms with Gasteiger partial charge in [0.05, 0.1) is 5.69 Å². The number of nitrogens with zero attached hydrogens (tertiary/aromatic N) is 4. The van der Waals surface area contributed by atoms with Crippen LogP contribution in [0.25, 0.3) is 0 Å². The molecule has 21 heavy (non-hydrogen) atoms. The van der Waals surface area contributed by atoms with Gasteiger partial charge in [-0.3, -0.25) is 4.68 Å². The molecule has 114 valence electrons. The molecule has 2 rings (SSSR count). The van der Waals surface area contributed by atoms with Crippen LogP contribution in [-0.2, 0) is 19.9 Å². The van der Waals surface area contributed by atoms with Crippen LogP contribution >= 0.6 is 0 Å². The van der Waals surface area contributed by atoms with Gasteiger partial charge in [0.2, 0.25) is 5.95 Å². The van der Waals surface area contributed by atoms with Gasteiger partial charge < -0.3 is 11.1 Å². The van der Waals surface area contributed by atoms with E-state index >= 15 is 0 Å². The lowest BCUT2D eigenvalue weighted by Crippen LogP contribution is -2.09. The van der Waals surface area contributed by atoms with Crippen LogP contribution in [0.4, 0.5) is 11.8 Å². The van der Waals surface area contributed by atoms with Crippen LogP contribution < -0.4 is 11.1 Å². The molecule has 0 radical (unpaired) electrons. The highest BCUT2D eigenvalue weighted by molar-refractivity contribution is 5.46. The van der Waals surface area contributed by atoms with Crippen molar-refractivity contribution in [2.24, 2.45) is 7.05 Å². The first-order valence-corrected chi connectivity index (χ1v) is 7.45. The van der Waals surface area contributed by atoms with Gasteiger partial charge in [0.1, 0.15) is 5.82 Å². The fraction of sp³-hybridized carbons (Fsp3) is 0.533. The second-order valence-corrected chi connectivity index (χ2v) is 5.28. The molecule has 0 atom stereocenters. The molecule has 2 heterocycles. The Morgan fingerprint density at radius 1 is 1.33 bits per heavy atom. The van der Waals surface area contributed by atoms with Crippen molar-refractivity contribution >= 4 is 11.8 Å². The zero-order valence-electron chi connectivity index (χ0n) is 13.1. The lowest BCUT2D eigenvalue weighted by molar-refractivity contribution is 0.716. The van der Waals surface area contributed by atoms with Crippen LogP contribution in [0.2, 0.25) is 0 Å². The third-order valence-corrected chi connectivity index (χ3v) is 3.52. The summed E-state index contributed by atoms with van der Waals surface area (Å²) >= 11 is 0. The number of aromatic nitrogens is 4. The molecule has 0 fully saturated rings. The van der Waals surface area contributed by atoms with E-state index in [0.29, 0.717) is 5.95 Å². The Hall–Kier alpha value is -2.11. The second kappa shape index (κ2) is 7.06. The van der Waals surface area contributed by atoms with Crippen LogP contribution in [0.5, 0.6) is 0 Å². The Bertz CT molecular complexity index is 570. The summed E-state index contributed by atoms with van der Waals surface area (Å²) in [6.07, 6.45) is 5.80. The monoisotopic (exact) mass is 288 g/mol.